The lowest BCUT2D eigenvalue weighted by molar-refractivity contribution is 0.194. The topological polar surface area (TPSA) is 41.4 Å². The normalized spacial score (nSPS) is 13.9. The number of anilines is 2. The van der Waals surface area contributed by atoms with Crippen LogP contribution in [0, 0.1) is 6.92 Å². The summed E-state index contributed by atoms with van der Waals surface area (Å²) < 4.78 is 1.78. The number of aryl methyl sites for hydroxylation is 1. The number of rotatable bonds is 7. The first-order valence-electron chi connectivity index (χ1n) is 11.1. The van der Waals surface area contributed by atoms with Crippen molar-refractivity contribution in [1.29, 1.82) is 0 Å². The minimum atomic E-state index is 0.00614. The Hall–Kier alpha value is -2.34. The third kappa shape index (κ3) is 4.85. The van der Waals surface area contributed by atoms with Gasteiger partial charge in [0.2, 0.25) is 5.95 Å². The molecule has 0 bridgehead atoms. The van der Waals surface area contributed by atoms with Crippen LogP contribution < -0.4 is 10.5 Å². The number of nitrogens with zero attached hydrogens (tertiary/aromatic N) is 4. The van der Waals surface area contributed by atoms with Gasteiger partial charge in [-0.05, 0) is 37.1 Å². The summed E-state index contributed by atoms with van der Waals surface area (Å²) in [5.41, 5.74) is 3.39. The highest BCUT2D eigenvalue weighted by atomic mass is 35.5. The quantitative estimate of drug-likeness (QED) is 0.396. The van der Waals surface area contributed by atoms with Crippen molar-refractivity contribution in [2.45, 2.75) is 46.2 Å². The average Bonchev–Trinajstić information content (AvgIpc) is 2.78. The fraction of sp³-hybridized carbons (Fsp3) is 0.360. The van der Waals surface area contributed by atoms with Crippen LogP contribution in [0.1, 0.15) is 43.0 Å². The number of aromatic nitrogens is 2. The van der Waals surface area contributed by atoms with Gasteiger partial charge in [-0.25, -0.2) is 4.98 Å². The molecule has 1 aliphatic rings. The second-order valence-electron chi connectivity index (χ2n) is 8.28. The Kier molecular flexibility index (Phi) is 7.19. The highest BCUT2D eigenvalue weighted by molar-refractivity contribution is 6.36. The second kappa shape index (κ2) is 10.1. The van der Waals surface area contributed by atoms with Crippen LogP contribution in [0.15, 0.2) is 53.3 Å². The smallest absolute Gasteiger partial charge is 0.259 e. The van der Waals surface area contributed by atoms with Crippen LogP contribution in [0.3, 0.4) is 0 Å². The van der Waals surface area contributed by atoms with Crippen LogP contribution in [0.4, 0.5) is 11.6 Å². The van der Waals surface area contributed by atoms with Crippen LogP contribution >= 0.6 is 23.2 Å². The zero-order valence-electron chi connectivity index (χ0n) is 18.5. The van der Waals surface area contributed by atoms with Crippen molar-refractivity contribution in [3.63, 3.8) is 0 Å². The molecule has 0 aliphatic carbocycles. The second-order valence-corrected chi connectivity index (χ2v) is 9.12. The van der Waals surface area contributed by atoms with Crippen LogP contribution in [0.5, 0.6) is 0 Å². The molecule has 0 spiro atoms. The zero-order valence-corrected chi connectivity index (χ0v) is 20.0. The average molecular weight is 471 g/mol. The van der Waals surface area contributed by atoms with Crippen molar-refractivity contribution in [3.8, 4) is 0 Å². The molecule has 0 saturated heterocycles. The molecule has 1 aliphatic heterocycles. The molecule has 7 heteroatoms. The standard InChI is InChI=1S/C25H28Cl2N4O/c1-3-4-8-13-29-16-30(23-12-11-20(26)15-22(23)27)25-28-18(2)21(24(32)31(25)17-29)14-19-9-6-5-7-10-19/h5-7,9-12,15H,3-4,8,13-14,16-17H2,1-2H3. The molecule has 3 aromatic rings. The largest absolute Gasteiger partial charge is 0.297 e. The van der Waals surface area contributed by atoms with E-state index in [-0.39, 0.29) is 5.56 Å². The first-order valence-corrected chi connectivity index (χ1v) is 11.8. The lowest BCUT2D eigenvalue weighted by atomic mass is 10.1. The van der Waals surface area contributed by atoms with E-state index in [1.54, 1.807) is 10.6 Å². The number of hydrogen-bond donors (Lipinski definition) is 0. The first-order chi connectivity index (χ1) is 15.5. The number of unbranched alkanes of at least 4 members (excludes halogenated alkanes) is 2. The van der Waals surface area contributed by atoms with Gasteiger partial charge >= 0.3 is 0 Å². The van der Waals surface area contributed by atoms with E-state index in [0.29, 0.717) is 35.8 Å². The molecule has 32 heavy (non-hydrogen) atoms. The van der Waals surface area contributed by atoms with Crippen LogP contribution in [-0.4, -0.2) is 27.7 Å². The predicted molar refractivity (Wildman–Crippen MR) is 132 cm³/mol. The van der Waals surface area contributed by atoms with Crippen LogP contribution in [0.2, 0.25) is 10.0 Å². The van der Waals surface area contributed by atoms with E-state index in [0.717, 1.165) is 48.3 Å². The number of benzene rings is 2. The summed E-state index contributed by atoms with van der Waals surface area (Å²) in [5, 5.41) is 1.12. The fourth-order valence-electron chi connectivity index (χ4n) is 4.14. The van der Waals surface area contributed by atoms with Crippen LogP contribution in [0.25, 0.3) is 0 Å². The van der Waals surface area contributed by atoms with Crippen molar-refractivity contribution in [2.24, 2.45) is 0 Å². The summed E-state index contributed by atoms with van der Waals surface area (Å²) >= 11 is 12.7. The first kappa shape index (κ1) is 22.8. The summed E-state index contributed by atoms with van der Waals surface area (Å²) in [6, 6.07) is 15.5. The van der Waals surface area contributed by atoms with Crippen LogP contribution in [-0.2, 0) is 13.1 Å². The van der Waals surface area contributed by atoms with E-state index in [2.05, 4.69) is 11.8 Å². The molecule has 0 atom stereocenters. The molecule has 0 saturated carbocycles. The van der Waals surface area contributed by atoms with E-state index >= 15 is 0 Å². The van der Waals surface area contributed by atoms with E-state index in [9.17, 15) is 4.79 Å². The van der Waals surface area contributed by atoms with Gasteiger partial charge in [-0.1, -0.05) is 73.3 Å². The molecule has 168 valence electrons. The van der Waals surface area contributed by atoms with Gasteiger partial charge in [0.25, 0.3) is 5.56 Å². The van der Waals surface area contributed by atoms with Crippen molar-refractivity contribution < 1.29 is 0 Å². The summed E-state index contributed by atoms with van der Waals surface area (Å²) in [6.07, 6.45) is 3.96. The highest BCUT2D eigenvalue weighted by Gasteiger charge is 2.28. The molecular weight excluding hydrogens is 443 g/mol. The third-order valence-corrected chi connectivity index (χ3v) is 6.41. The van der Waals surface area contributed by atoms with Crippen molar-refractivity contribution in [3.05, 3.63) is 85.8 Å². The van der Waals surface area contributed by atoms with Gasteiger partial charge in [-0.3, -0.25) is 19.2 Å². The van der Waals surface area contributed by atoms with Gasteiger partial charge in [-0.15, -0.1) is 0 Å². The molecule has 4 rings (SSSR count). The maximum atomic E-state index is 13.6. The molecular formula is C25H28Cl2N4O. The Balaban J connectivity index is 1.78. The monoisotopic (exact) mass is 470 g/mol. The number of fused-ring (bicyclic) bond motifs is 1. The molecule has 5 nitrogen and oxygen atoms in total. The Morgan fingerprint density at radius 1 is 1.03 bits per heavy atom. The highest BCUT2D eigenvalue weighted by Crippen LogP contribution is 2.35. The third-order valence-electron chi connectivity index (χ3n) is 5.88. The summed E-state index contributed by atoms with van der Waals surface area (Å²) in [4.78, 5) is 22.8. The maximum Gasteiger partial charge on any atom is 0.259 e. The molecule has 0 fully saturated rings. The fourth-order valence-corrected chi connectivity index (χ4v) is 4.65. The van der Waals surface area contributed by atoms with E-state index in [1.165, 1.54) is 0 Å². The maximum absolute atomic E-state index is 13.6. The van der Waals surface area contributed by atoms with E-state index < -0.39 is 0 Å². The summed E-state index contributed by atoms with van der Waals surface area (Å²) in [7, 11) is 0. The lowest BCUT2D eigenvalue weighted by Gasteiger charge is -2.38. The molecule has 0 N–H and O–H groups in total. The minimum absolute atomic E-state index is 0.00614. The Bertz CT molecular complexity index is 1150. The van der Waals surface area contributed by atoms with Crippen molar-refractivity contribution in [1.82, 2.24) is 14.5 Å². The van der Waals surface area contributed by atoms with E-state index in [4.69, 9.17) is 28.2 Å². The lowest BCUT2D eigenvalue weighted by Crippen LogP contribution is -2.48. The minimum Gasteiger partial charge on any atom is -0.297 e. The molecule has 0 radical (unpaired) electrons. The molecule has 1 aromatic heterocycles. The van der Waals surface area contributed by atoms with Gasteiger partial charge in [-0.2, -0.15) is 0 Å². The Morgan fingerprint density at radius 2 is 1.81 bits per heavy atom. The van der Waals surface area contributed by atoms with Crippen molar-refractivity contribution >= 4 is 34.8 Å². The molecule has 2 heterocycles. The Morgan fingerprint density at radius 3 is 2.53 bits per heavy atom. The predicted octanol–water partition coefficient (Wildman–Crippen LogP) is 6.01. The zero-order chi connectivity index (χ0) is 22.7. The molecule has 0 amide bonds. The van der Waals surface area contributed by atoms with Gasteiger partial charge in [0.15, 0.2) is 0 Å². The summed E-state index contributed by atoms with van der Waals surface area (Å²) in [5.74, 6) is 0.625. The van der Waals surface area contributed by atoms with Gasteiger partial charge in [0.05, 0.1) is 29.7 Å². The van der Waals surface area contributed by atoms with Crippen molar-refractivity contribution in [2.75, 3.05) is 18.1 Å². The SMILES string of the molecule is CCCCCN1CN(c2ccc(Cl)cc2Cl)c2nc(C)c(Cc3ccccc3)c(=O)n2C1. The Labute approximate surface area is 199 Å². The number of halogens is 2. The van der Waals surface area contributed by atoms with Gasteiger partial charge in [0, 0.05) is 23.6 Å². The molecule has 2 aromatic carbocycles. The van der Waals surface area contributed by atoms with Gasteiger partial charge < -0.3 is 0 Å². The molecule has 0 unspecified atom stereocenters. The van der Waals surface area contributed by atoms with E-state index in [1.807, 2.05) is 54.3 Å². The summed E-state index contributed by atoms with van der Waals surface area (Å²) in [6.45, 7) is 6.15. The number of hydrogen-bond acceptors (Lipinski definition) is 4. The van der Waals surface area contributed by atoms with Gasteiger partial charge in [0.1, 0.15) is 0 Å².